The maximum atomic E-state index is 13.3. The minimum atomic E-state index is -0.653. The van der Waals surface area contributed by atoms with E-state index >= 15 is 0 Å². The Kier molecular flexibility index (Phi) is 8.04. The third kappa shape index (κ3) is 6.40. The van der Waals surface area contributed by atoms with Crippen LogP contribution in [-0.4, -0.2) is 88.3 Å². The smallest absolute Gasteiger partial charge is 0.309 e. The van der Waals surface area contributed by atoms with Crippen molar-refractivity contribution in [1.29, 1.82) is 0 Å². The molecule has 188 valence electrons. The first-order chi connectivity index (χ1) is 16.9. The van der Waals surface area contributed by atoms with Crippen LogP contribution in [0, 0.1) is 5.82 Å². The molecule has 0 unspecified atom stereocenters. The predicted octanol–water partition coefficient (Wildman–Crippen LogP) is 1.21. The van der Waals surface area contributed by atoms with Gasteiger partial charge in [0.25, 0.3) is 0 Å². The van der Waals surface area contributed by atoms with Gasteiger partial charge in [-0.05, 0) is 56.1 Å². The number of carbonyl (C=O) groups excluding carboxylic acids is 2. The Bertz CT molecular complexity index is 1030. The monoisotopic (exact) mass is 485 g/mol. The molecule has 0 spiro atoms. The van der Waals surface area contributed by atoms with Gasteiger partial charge in [-0.3, -0.25) is 14.5 Å². The van der Waals surface area contributed by atoms with E-state index in [-0.39, 0.29) is 25.2 Å². The lowest BCUT2D eigenvalue weighted by atomic mass is 10.0. The molecule has 2 aromatic carbocycles. The molecule has 2 N–H and O–H groups in total. The van der Waals surface area contributed by atoms with Crippen molar-refractivity contribution < 1.29 is 23.5 Å². The summed E-state index contributed by atoms with van der Waals surface area (Å²) in [7, 11) is 3.80. The zero-order valence-corrected chi connectivity index (χ0v) is 20.1. The molecule has 9 nitrogen and oxygen atoms in total. The van der Waals surface area contributed by atoms with Gasteiger partial charge in [-0.25, -0.2) is 4.39 Å². The predicted molar refractivity (Wildman–Crippen MR) is 130 cm³/mol. The molecule has 1 atom stereocenters. The molecule has 2 heterocycles. The SMILES string of the molecule is CN(C)CCNC(=O)C(=O)NC[C@H](c1ccc2c(c1)OCO2)N1CCN(c2ccc(F)cc2)CC1. The summed E-state index contributed by atoms with van der Waals surface area (Å²) in [6.45, 7) is 4.49. The molecular formula is C25H32FN5O4. The molecular weight excluding hydrogens is 453 g/mol. The summed E-state index contributed by atoms with van der Waals surface area (Å²) in [5, 5.41) is 5.44. The highest BCUT2D eigenvalue weighted by molar-refractivity contribution is 6.35. The largest absolute Gasteiger partial charge is 0.454 e. The Morgan fingerprint density at radius 3 is 2.37 bits per heavy atom. The highest BCUT2D eigenvalue weighted by atomic mass is 19.1. The van der Waals surface area contributed by atoms with Crippen molar-refractivity contribution in [2.75, 3.05) is 71.6 Å². The van der Waals surface area contributed by atoms with Crippen LogP contribution in [0.3, 0.4) is 0 Å². The van der Waals surface area contributed by atoms with Crippen LogP contribution in [-0.2, 0) is 9.59 Å². The van der Waals surface area contributed by atoms with Gasteiger partial charge in [-0.1, -0.05) is 6.07 Å². The highest BCUT2D eigenvalue weighted by Gasteiger charge is 2.28. The average molecular weight is 486 g/mol. The second kappa shape index (κ2) is 11.4. The standard InChI is InChI=1S/C25H32FN5O4/c1-29(2)10-9-27-24(32)25(33)28-16-21(18-3-8-22-23(15-18)35-17-34-22)31-13-11-30(12-14-31)20-6-4-19(26)5-7-20/h3-8,15,21H,9-14,16-17H2,1-2H3,(H,27,32)(H,28,33)/t21-/m1/s1. The van der Waals surface area contributed by atoms with Gasteiger partial charge in [0.15, 0.2) is 11.5 Å². The Balaban J connectivity index is 1.42. The van der Waals surface area contributed by atoms with Crippen LogP contribution < -0.4 is 25.0 Å². The van der Waals surface area contributed by atoms with E-state index < -0.39 is 11.8 Å². The first kappa shape index (κ1) is 24.7. The molecule has 10 heteroatoms. The molecule has 1 saturated heterocycles. The zero-order chi connectivity index (χ0) is 24.8. The van der Waals surface area contributed by atoms with Gasteiger partial charge in [0.2, 0.25) is 6.79 Å². The first-order valence-electron chi connectivity index (χ1n) is 11.8. The third-order valence-electron chi connectivity index (χ3n) is 6.23. The third-order valence-corrected chi connectivity index (χ3v) is 6.23. The number of halogens is 1. The Morgan fingerprint density at radius 1 is 0.971 bits per heavy atom. The lowest BCUT2D eigenvalue weighted by Gasteiger charge is -2.40. The summed E-state index contributed by atoms with van der Waals surface area (Å²) >= 11 is 0. The molecule has 0 aliphatic carbocycles. The fraction of sp³-hybridized carbons (Fsp3) is 0.440. The zero-order valence-electron chi connectivity index (χ0n) is 20.1. The van der Waals surface area contributed by atoms with Gasteiger partial charge in [0.1, 0.15) is 5.82 Å². The number of piperazine rings is 1. The van der Waals surface area contributed by atoms with E-state index in [0.717, 1.165) is 37.4 Å². The van der Waals surface area contributed by atoms with Gasteiger partial charge >= 0.3 is 11.8 Å². The summed E-state index contributed by atoms with van der Waals surface area (Å²) in [6.07, 6.45) is 0. The van der Waals surface area contributed by atoms with E-state index in [1.54, 1.807) is 12.1 Å². The first-order valence-corrected chi connectivity index (χ1v) is 11.8. The van der Waals surface area contributed by atoms with Crippen molar-refractivity contribution in [3.05, 3.63) is 53.8 Å². The quantitative estimate of drug-likeness (QED) is 0.544. The number of fused-ring (bicyclic) bond motifs is 1. The van der Waals surface area contributed by atoms with Gasteiger partial charge in [-0.2, -0.15) is 0 Å². The number of hydrogen-bond acceptors (Lipinski definition) is 7. The normalized spacial score (nSPS) is 16.3. The van der Waals surface area contributed by atoms with Crippen LogP contribution in [0.5, 0.6) is 11.5 Å². The molecule has 1 fully saturated rings. The lowest BCUT2D eigenvalue weighted by Crippen LogP contribution is -2.51. The van der Waals surface area contributed by atoms with Crippen molar-refractivity contribution in [2.24, 2.45) is 0 Å². The Hall–Kier alpha value is -3.37. The fourth-order valence-corrected chi connectivity index (χ4v) is 4.26. The molecule has 2 aliphatic rings. The van der Waals surface area contributed by atoms with E-state index in [1.165, 1.54) is 12.1 Å². The minimum absolute atomic E-state index is 0.154. The van der Waals surface area contributed by atoms with E-state index in [4.69, 9.17) is 9.47 Å². The number of ether oxygens (including phenoxy) is 2. The van der Waals surface area contributed by atoms with E-state index in [2.05, 4.69) is 20.4 Å². The summed E-state index contributed by atoms with van der Waals surface area (Å²) < 4.78 is 24.3. The molecule has 35 heavy (non-hydrogen) atoms. The molecule has 0 radical (unpaired) electrons. The van der Waals surface area contributed by atoms with Crippen molar-refractivity contribution in [1.82, 2.24) is 20.4 Å². The van der Waals surface area contributed by atoms with Crippen LogP contribution in [0.25, 0.3) is 0 Å². The number of rotatable bonds is 8. The van der Waals surface area contributed by atoms with Gasteiger partial charge in [-0.15, -0.1) is 0 Å². The van der Waals surface area contributed by atoms with Crippen molar-refractivity contribution >= 4 is 17.5 Å². The van der Waals surface area contributed by atoms with Gasteiger partial charge < -0.3 is 29.9 Å². The molecule has 2 aromatic rings. The highest BCUT2D eigenvalue weighted by Crippen LogP contribution is 2.35. The number of benzene rings is 2. The number of carbonyl (C=O) groups is 2. The number of nitrogens with one attached hydrogen (secondary N) is 2. The van der Waals surface area contributed by atoms with Crippen LogP contribution >= 0.6 is 0 Å². The fourth-order valence-electron chi connectivity index (χ4n) is 4.26. The molecule has 0 saturated carbocycles. The maximum absolute atomic E-state index is 13.3. The summed E-state index contributed by atoms with van der Waals surface area (Å²) in [5.74, 6) is -0.184. The van der Waals surface area contributed by atoms with E-state index in [0.29, 0.717) is 24.6 Å². The van der Waals surface area contributed by atoms with Crippen LogP contribution in [0.4, 0.5) is 10.1 Å². The molecule has 0 aromatic heterocycles. The Labute approximate surface area is 204 Å². The Morgan fingerprint density at radius 2 is 1.66 bits per heavy atom. The van der Waals surface area contributed by atoms with E-state index in [9.17, 15) is 14.0 Å². The molecule has 2 aliphatic heterocycles. The van der Waals surface area contributed by atoms with Gasteiger partial charge in [0.05, 0.1) is 6.04 Å². The molecule has 4 rings (SSSR count). The van der Waals surface area contributed by atoms with Crippen molar-refractivity contribution in [3.8, 4) is 11.5 Å². The maximum Gasteiger partial charge on any atom is 0.309 e. The number of likely N-dealkylation sites (N-methyl/N-ethyl adjacent to an activating group) is 1. The van der Waals surface area contributed by atoms with Crippen molar-refractivity contribution in [3.63, 3.8) is 0 Å². The number of hydrogen-bond donors (Lipinski definition) is 2. The second-order valence-corrected chi connectivity index (χ2v) is 8.90. The number of anilines is 1. The van der Waals surface area contributed by atoms with Crippen LogP contribution in [0.15, 0.2) is 42.5 Å². The lowest BCUT2D eigenvalue weighted by molar-refractivity contribution is -0.139. The summed E-state index contributed by atoms with van der Waals surface area (Å²) in [5.41, 5.74) is 1.95. The number of amides is 2. The molecule has 0 bridgehead atoms. The van der Waals surface area contributed by atoms with Gasteiger partial charge in [0, 0.05) is 51.5 Å². The van der Waals surface area contributed by atoms with Crippen LogP contribution in [0.1, 0.15) is 11.6 Å². The van der Waals surface area contributed by atoms with E-state index in [1.807, 2.05) is 37.2 Å². The minimum Gasteiger partial charge on any atom is -0.454 e. The van der Waals surface area contributed by atoms with Crippen LogP contribution in [0.2, 0.25) is 0 Å². The second-order valence-electron chi connectivity index (χ2n) is 8.90. The summed E-state index contributed by atoms with van der Waals surface area (Å²) in [4.78, 5) is 31.1. The number of nitrogens with zero attached hydrogens (tertiary/aromatic N) is 3. The molecule has 2 amide bonds. The average Bonchev–Trinajstić information content (AvgIpc) is 3.33. The topological polar surface area (TPSA) is 86.4 Å². The summed E-state index contributed by atoms with van der Waals surface area (Å²) in [6, 6.07) is 12.1. The van der Waals surface area contributed by atoms with Crippen molar-refractivity contribution in [2.45, 2.75) is 6.04 Å².